The molecule has 7 nitrogen and oxygen atoms in total. The third-order valence-corrected chi connectivity index (χ3v) is 5.44. The minimum absolute atomic E-state index is 0.112. The van der Waals surface area contributed by atoms with Crippen molar-refractivity contribution in [2.45, 2.75) is 26.5 Å². The van der Waals surface area contributed by atoms with E-state index in [2.05, 4.69) is 4.98 Å². The number of halogens is 3. The van der Waals surface area contributed by atoms with Gasteiger partial charge in [-0.05, 0) is 36.2 Å². The van der Waals surface area contributed by atoms with Crippen molar-refractivity contribution >= 4 is 35.1 Å². The van der Waals surface area contributed by atoms with E-state index in [0.29, 0.717) is 26.7 Å². The highest BCUT2D eigenvalue weighted by molar-refractivity contribution is 6.31. The lowest BCUT2D eigenvalue weighted by Gasteiger charge is -2.21. The van der Waals surface area contributed by atoms with Gasteiger partial charge in [0.1, 0.15) is 35.8 Å². The molecule has 0 saturated carbocycles. The van der Waals surface area contributed by atoms with Gasteiger partial charge in [0.15, 0.2) is 0 Å². The Bertz CT molecular complexity index is 1200. The molecular formula is C24H23ClF2N4O3. The number of nitrogens with two attached hydrogens (primary N) is 2. The molecule has 0 aliphatic rings. The normalized spacial score (nSPS) is 11.9. The lowest BCUT2D eigenvalue weighted by Crippen LogP contribution is -2.36. The summed E-state index contributed by atoms with van der Waals surface area (Å²) < 4.78 is 34.1. The smallest absolute Gasteiger partial charge is 0.325 e. The number of anilines is 2. The van der Waals surface area contributed by atoms with Crippen LogP contribution in [-0.4, -0.2) is 23.0 Å². The minimum atomic E-state index is -1.13. The topological polar surface area (TPSA) is 112 Å². The van der Waals surface area contributed by atoms with Crippen LogP contribution < -0.4 is 16.4 Å². The lowest BCUT2D eigenvalue weighted by molar-refractivity contribution is -0.147. The largest absolute Gasteiger partial charge is 0.460 e. The van der Waals surface area contributed by atoms with Crippen molar-refractivity contribution in [1.82, 2.24) is 4.98 Å². The van der Waals surface area contributed by atoms with Gasteiger partial charge in [-0.3, -0.25) is 4.79 Å². The van der Waals surface area contributed by atoms with Crippen molar-refractivity contribution in [1.29, 1.82) is 0 Å². The molecule has 0 aliphatic carbocycles. The molecule has 0 spiro atoms. The van der Waals surface area contributed by atoms with E-state index in [0.717, 1.165) is 12.1 Å². The third-order valence-electron chi connectivity index (χ3n) is 5.09. The Balaban J connectivity index is 2.02. The second-order valence-electron chi connectivity index (χ2n) is 7.77. The molecule has 0 saturated heterocycles. The predicted molar refractivity (Wildman–Crippen MR) is 125 cm³/mol. The molecule has 0 radical (unpaired) electrons. The molecular weight excluding hydrogens is 466 g/mol. The Morgan fingerprint density at radius 2 is 1.68 bits per heavy atom. The molecule has 2 aromatic carbocycles. The summed E-state index contributed by atoms with van der Waals surface area (Å²) in [4.78, 5) is 29.4. The van der Waals surface area contributed by atoms with Crippen LogP contribution in [0.3, 0.4) is 0 Å². The number of amides is 2. The van der Waals surface area contributed by atoms with E-state index in [4.69, 9.17) is 27.8 Å². The van der Waals surface area contributed by atoms with Crippen LogP contribution in [0, 0.1) is 17.6 Å². The Kier molecular flexibility index (Phi) is 7.80. The van der Waals surface area contributed by atoms with Gasteiger partial charge in [-0.1, -0.05) is 49.7 Å². The average molecular weight is 489 g/mol. The summed E-state index contributed by atoms with van der Waals surface area (Å²) in [5.74, 6) is -2.78. The summed E-state index contributed by atoms with van der Waals surface area (Å²) in [5.41, 5.74) is 11.9. The van der Waals surface area contributed by atoms with E-state index in [9.17, 15) is 18.4 Å². The molecule has 10 heteroatoms. The van der Waals surface area contributed by atoms with E-state index >= 15 is 0 Å². The summed E-state index contributed by atoms with van der Waals surface area (Å²) in [6.07, 6.45) is 0. The fraction of sp³-hybridized carbons (Fsp3) is 0.208. The van der Waals surface area contributed by atoms with Crippen LogP contribution in [0.1, 0.15) is 19.4 Å². The van der Waals surface area contributed by atoms with Crippen LogP contribution in [0.4, 0.5) is 25.1 Å². The second kappa shape index (κ2) is 10.6. The van der Waals surface area contributed by atoms with Crippen LogP contribution in [0.2, 0.25) is 5.02 Å². The maximum Gasteiger partial charge on any atom is 0.325 e. The molecule has 1 aromatic heterocycles. The van der Waals surface area contributed by atoms with Crippen LogP contribution in [0.15, 0.2) is 54.6 Å². The Morgan fingerprint density at radius 1 is 1.06 bits per heavy atom. The molecule has 34 heavy (non-hydrogen) atoms. The number of pyridine rings is 1. The molecule has 4 N–H and O–H groups in total. The zero-order valence-corrected chi connectivity index (χ0v) is 19.2. The van der Waals surface area contributed by atoms with E-state index in [1.807, 2.05) is 0 Å². The minimum Gasteiger partial charge on any atom is -0.460 e. The van der Waals surface area contributed by atoms with E-state index in [-0.39, 0.29) is 18.3 Å². The number of hydrogen-bond acceptors (Lipinski definition) is 5. The van der Waals surface area contributed by atoms with Gasteiger partial charge in [0, 0.05) is 16.1 Å². The SMILES string of the molecule is CC(C)C(N)C(=O)OCc1c(Cl)cccc1-c1cccc(N(C(N)=O)c2c(F)cccc2F)n1. The van der Waals surface area contributed by atoms with Crippen LogP contribution >= 0.6 is 11.6 Å². The summed E-state index contributed by atoms with van der Waals surface area (Å²) >= 11 is 6.36. The highest BCUT2D eigenvalue weighted by atomic mass is 35.5. The van der Waals surface area contributed by atoms with Gasteiger partial charge < -0.3 is 16.2 Å². The highest BCUT2D eigenvalue weighted by Crippen LogP contribution is 2.33. The predicted octanol–water partition coefficient (Wildman–Crippen LogP) is 4.92. The maximum absolute atomic E-state index is 14.4. The number of carbonyl (C=O) groups is 2. The number of esters is 1. The molecule has 0 bridgehead atoms. The van der Waals surface area contributed by atoms with Crippen molar-refractivity contribution in [2.24, 2.45) is 17.4 Å². The first-order chi connectivity index (χ1) is 16.1. The zero-order chi connectivity index (χ0) is 25.0. The Labute approximate surface area is 200 Å². The van der Waals surface area contributed by atoms with Gasteiger partial charge in [-0.2, -0.15) is 0 Å². The molecule has 1 unspecified atom stereocenters. The van der Waals surface area contributed by atoms with Crippen LogP contribution in [0.25, 0.3) is 11.3 Å². The quantitative estimate of drug-likeness (QED) is 0.458. The summed E-state index contributed by atoms with van der Waals surface area (Å²) in [5, 5.41) is 0.308. The van der Waals surface area contributed by atoms with Gasteiger partial charge in [-0.25, -0.2) is 23.5 Å². The summed E-state index contributed by atoms with van der Waals surface area (Å²) in [6.45, 7) is 3.41. The van der Waals surface area contributed by atoms with Gasteiger partial charge in [0.25, 0.3) is 0 Å². The molecule has 1 atom stereocenters. The zero-order valence-electron chi connectivity index (χ0n) is 18.5. The van der Waals surface area contributed by atoms with E-state index < -0.39 is 35.4 Å². The Hall–Kier alpha value is -3.56. The van der Waals surface area contributed by atoms with Gasteiger partial charge >= 0.3 is 12.0 Å². The monoisotopic (exact) mass is 488 g/mol. The second-order valence-corrected chi connectivity index (χ2v) is 8.18. The van der Waals surface area contributed by atoms with Gasteiger partial charge in [-0.15, -0.1) is 0 Å². The number of carbonyl (C=O) groups excluding carboxylic acids is 2. The maximum atomic E-state index is 14.4. The lowest BCUT2D eigenvalue weighted by atomic mass is 10.0. The molecule has 3 rings (SSSR count). The first-order valence-electron chi connectivity index (χ1n) is 10.3. The standard InChI is InChI=1S/C24H23ClF2N4O3/c1-13(2)21(28)23(32)34-12-15-14(6-3-7-16(15)25)19-10-5-11-20(30-19)31(24(29)33)22-17(26)8-4-9-18(22)27/h3-11,13,21H,12,28H2,1-2H3,(H2,29,33). The molecule has 178 valence electrons. The first kappa shape index (κ1) is 25.1. The third kappa shape index (κ3) is 5.32. The van der Waals surface area contributed by atoms with Crippen LogP contribution in [-0.2, 0) is 16.1 Å². The van der Waals surface area contributed by atoms with E-state index in [1.54, 1.807) is 38.1 Å². The number of primary amides is 1. The van der Waals surface area contributed by atoms with Crippen LogP contribution in [0.5, 0.6) is 0 Å². The number of nitrogens with zero attached hydrogens (tertiary/aromatic N) is 2. The summed E-state index contributed by atoms with van der Waals surface area (Å²) in [7, 11) is 0. The number of hydrogen-bond donors (Lipinski definition) is 2. The van der Waals surface area contributed by atoms with E-state index in [1.165, 1.54) is 18.2 Å². The first-order valence-corrected chi connectivity index (χ1v) is 10.7. The van der Waals surface area contributed by atoms with Crippen molar-refractivity contribution in [2.75, 3.05) is 4.90 Å². The fourth-order valence-corrected chi connectivity index (χ4v) is 3.42. The van der Waals surface area contributed by atoms with Gasteiger partial charge in [0.05, 0.1) is 5.69 Å². The number of benzene rings is 2. The molecule has 2 amide bonds. The number of aromatic nitrogens is 1. The van der Waals surface area contributed by atoms with Crippen molar-refractivity contribution in [3.05, 3.63) is 76.8 Å². The summed E-state index contributed by atoms with van der Waals surface area (Å²) in [6, 6.07) is 10.7. The molecule has 0 fully saturated rings. The number of rotatable bonds is 7. The number of urea groups is 1. The van der Waals surface area contributed by atoms with Crippen molar-refractivity contribution in [3.8, 4) is 11.3 Å². The highest BCUT2D eigenvalue weighted by Gasteiger charge is 2.25. The average Bonchev–Trinajstić information content (AvgIpc) is 2.79. The molecule has 3 aromatic rings. The fourth-order valence-electron chi connectivity index (χ4n) is 3.20. The van der Waals surface area contributed by atoms with Crippen molar-refractivity contribution in [3.63, 3.8) is 0 Å². The number of para-hydroxylation sites is 1. The molecule has 0 aliphatic heterocycles. The Morgan fingerprint density at radius 3 is 2.29 bits per heavy atom. The van der Waals surface area contributed by atoms with Gasteiger partial charge in [0.2, 0.25) is 0 Å². The molecule has 1 heterocycles. The van der Waals surface area contributed by atoms with Crippen molar-refractivity contribution < 1.29 is 23.1 Å². The number of ether oxygens (including phenoxy) is 1.